The smallest absolute Gasteiger partial charge is 0.408 e. The summed E-state index contributed by atoms with van der Waals surface area (Å²) in [4.78, 5) is 26.9. The van der Waals surface area contributed by atoms with Crippen molar-refractivity contribution in [1.82, 2.24) is 10.3 Å². The predicted molar refractivity (Wildman–Crippen MR) is 76.5 cm³/mol. The minimum absolute atomic E-state index is 0.0582. The lowest BCUT2D eigenvalue weighted by molar-refractivity contribution is -0.142. The van der Waals surface area contributed by atoms with Gasteiger partial charge in [-0.25, -0.2) is 14.6 Å². The maximum atomic E-state index is 11.7. The topological polar surface area (TPSA) is 118 Å². The van der Waals surface area contributed by atoms with E-state index in [0.29, 0.717) is 0 Å². The number of hydrogen-bond acceptors (Lipinski definition) is 6. The Morgan fingerprint density at radius 1 is 1.32 bits per heavy atom. The Hall–Kier alpha value is -2.35. The third kappa shape index (κ3) is 5.21. The van der Waals surface area contributed by atoms with E-state index in [1.165, 1.54) is 13.2 Å². The van der Waals surface area contributed by atoms with Crippen LogP contribution in [-0.4, -0.2) is 46.0 Å². The van der Waals surface area contributed by atoms with Crippen LogP contribution in [0.25, 0.3) is 0 Å². The van der Waals surface area contributed by atoms with Crippen molar-refractivity contribution < 1.29 is 29.3 Å². The molecule has 1 heterocycles. The molecule has 0 aliphatic heterocycles. The van der Waals surface area contributed by atoms with Crippen LogP contribution in [-0.2, 0) is 9.53 Å². The molecule has 3 N–H and O–H groups in total. The molecule has 0 bridgehead atoms. The molecule has 0 saturated carbocycles. The summed E-state index contributed by atoms with van der Waals surface area (Å²) in [7, 11) is 1.39. The molecule has 1 aromatic rings. The number of hydrogen-bond donors (Lipinski definition) is 3. The van der Waals surface area contributed by atoms with Crippen LogP contribution in [0.15, 0.2) is 18.2 Å². The molecule has 2 atom stereocenters. The van der Waals surface area contributed by atoms with Gasteiger partial charge >= 0.3 is 12.1 Å². The van der Waals surface area contributed by atoms with Gasteiger partial charge in [0.25, 0.3) is 0 Å². The summed E-state index contributed by atoms with van der Waals surface area (Å²) in [6.45, 7) is 4.92. The van der Waals surface area contributed by atoms with Gasteiger partial charge < -0.3 is 25.0 Å². The van der Waals surface area contributed by atoms with Gasteiger partial charge in [0, 0.05) is 6.07 Å². The highest BCUT2D eigenvalue weighted by molar-refractivity contribution is 5.80. The SMILES string of the molecule is COc1cccc([C@H](O)[C@H](NC(=O)OC(C)(C)C)C(=O)O)n1. The molecule has 0 aromatic carbocycles. The minimum atomic E-state index is -1.60. The highest BCUT2D eigenvalue weighted by Crippen LogP contribution is 2.18. The molecule has 0 fully saturated rings. The van der Waals surface area contributed by atoms with Gasteiger partial charge in [0.15, 0.2) is 6.04 Å². The fraction of sp³-hybridized carbons (Fsp3) is 0.500. The summed E-state index contributed by atoms with van der Waals surface area (Å²) >= 11 is 0. The molecule has 0 radical (unpaired) electrons. The van der Waals surface area contributed by atoms with E-state index in [0.717, 1.165) is 0 Å². The molecule has 1 aromatic heterocycles. The van der Waals surface area contributed by atoms with Crippen molar-refractivity contribution >= 4 is 12.1 Å². The zero-order valence-corrected chi connectivity index (χ0v) is 12.9. The lowest BCUT2D eigenvalue weighted by atomic mass is 10.1. The number of pyridine rings is 1. The third-order valence-corrected chi connectivity index (χ3v) is 2.51. The average molecular weight is 312 g/mol. The number of amides is 1. The van der Waals surface area contributed by atoms with Crippen LogP contribution in [0.5, 0.6) is 5.88 Å². The molecular formula is C14H20N2O6. The number of carboxylic acid groups (broad SMARTS) is 1. The first-order chi connectivity index (χ1) is 10.1. The minimum Gasteiger partial charge on any atom is -0.481 e. The number of methoxy groups -OCH3 is 1. The molecule has 22 heavy (non-hydrogen) atoms. The normalized spacial score (nSPS) is 13.9. The second kappa shape index (κ2) is 7.08. The average Bonchev–Trinajstić information content (AvgIpc) is 2.42. The molecule has 1 rings (SSSR count). The third-order valence-electron chi connectivity index (χ3n) is 2.51. The first kappa shape index (κ1) is 17.7. The highest BCUT2D eigenvalue weighted by Gasteiger charge is 2.32. The van der Waals surface area contributed by atoms with Crippen molar-refractivity contribution in [1.29, 1.82) is 0 Å². The van der Waals surface area contributed by atoms with E-state index in [2.05, 4.69) is 10.3 Å². The van der Waals surface area contributed by atoms with Gasteiger partial charge in [0.2, 0.25) is 5.88 Å². The summed E-state index contributed by atoms with van der Waals surface area (Å²) in [6, 6.07) is 2.93. The maximum Gasteiger partial charge on any atom is 0.408 e. The predicted octanol–water partition coefficient (Wildman–Crippen LogP) is 1.10. The van der Waals surface area contributed by atoms with Crippen LogP contribution in [0, 0.1) is 0 Å². The maximum absolute atomic E-state index is 11.7. The Labute approximate surface area is 128 Å². The summed E-state index contributed by atoms with van der Waals surface area (Å²) in [6.07, 6.45) is -2.50. The van der Waals surface area contributed by atoms with Gasteiger partial charge in [0.05, 0.1) is 12.8 Å². The van der Waals surface area contributed by atoms with E-state index in [-0.39, 0.29) is 11.6 Å². The molecule has 0 unspecified atom stereocenters. The number of alkyl carbamates (subject to hydrolysis) is 1. The number of aliphatic carboxylic acids is 1. The second-order valence-corrected chi connectivity index (χ2v) is 5.51. The Morgan fingerprint density at radius 3 is 2.45 bits per heavy atom. The van der Waals surface area contributed by atoms with E-state index in [1.807, 2.05) is 0 Å². The molecule has 122 valence electrons. The van der Waals surface area contributed by atoms with Gasteiger partial charge in [-0.3, -0.25) is 0 Å². The van der Waals surface area contributed by atoms with Crippen molar-refractivity contribution in [2.24, 2.45) is 0 Å². The second-order valence-electron chi connectivity index (χ2n) is 5.51. The standard InChI is InChI=1S/C14H20N2O6/c1-14(2,3)22-13(20)16-10(12(18)19)11(17)8-6-5-7-9(15-8)21-4/h5-7,10-11,17H,1-4H3,(H,16,20)(H,18,19)/t10-,11-/m0/s1. The van der Waals surface area contributed by atoms with Crippen LogP contribution >= 0.6 is 0 Å². The van der Waals surface area contributed by atoms with Gasteiger partial charge in [-0.2, -0.15) is 0 Å². The van der Waals surface area contributed by atoms with Gasteiger partial charge in [-0.15, -0.1) is 0 Å². The molecule has 1 amide bonds. The number of nitrogens with zero attached hydrogens (tertiary/aromatic N) is 1. The van der Waals surface area contributed by atoms with Crippen LogP contribution in [0.2, 0.25) is 0 Å². The number of aromatic nitrogens is 1. The van der Waals surface area contributed by atoms with Crippen molar-refractivity contribution in [3.05, 3.63) is 23.9 Å². The quantitative estimate of drug-likeness (QED) is 0.745. The van der Waals surface area contributed by atoms with Crippen molar-refractivity contribution in [3.8, 4) is 5.88 Å². The molecule has 8 heteroatoms. The number of carbonyl (C=O) groups is 2. The van der Waals surface area contributed by atoms with Crippen molar-refractivity contribution in [2.45, 2.75) is 38.5 Å². The number of carboxylic acids is 1. The number of ether oxygens (including phenoxy) is 2. The van der Waals surface area contributed by atoms with Crippen LogP contribution < -0.4 is 10.1 Å². The van der Waals surface area contributed by atoms with Gasteiger partial charge in [-0.1, -0.05) is 6.07 Å². The number of rotatable bonds is 5. The van der Waals surface area contributed by atoms with E-state index in [9.17, 15) is 19.8 Å². The van der Waals surface area contributed by atoms with Crippen LogP contribution in [0.3, 0.4) is 0 Å². The van der Waals surface area contributed by atoms with E-state index in [1.54, 1.807) is 32.9 Å². The summed E-state index contributed by atoms with van der Waals surface area (Å²) in [5.74, 6) is -1.19. The molecule has 0 spiro atoms. The number of carbonyl (C=O) groups excluding carboxylic acids is 1. The van der Waals surface area contributed by atoms with Crippen molar-refractivity contribution in [2.75, 3.05) is 7.11 Å². The molecule has 8 nitrogen and oxygen atoms in total. The summed E-state index contributed by atoms with van der Waals surface area (Å²) in [5.41, 5.74) is -0.727. The summed E-state index contributed by atoms with van der Waals surface area (Å²) in [5, 5.41) is 21.5. The van der Waals surface area contributed by atoms with Gasteiger partial charge in [-0.05, 0) is 26.8 Å². The first-order valence-electron chi connectivity index (χ1n) is 6.55. The van der Waals surface area contributed by atoms with Crippen LogP contribution in [0.1, 0.15) is 32.6 Å². The lowest BCUT2D eigenvalue weighted by Gasteiger charge is -2.24. The fourth-order valence-electron chi connectivity index (χ4n) is 1.59. The molecule has 0 aliphatic rings. The van der Waals surface area contributed by atoms with E-state index < -0.39 is 29.8 Å². The lowest BCUT2D eigenvalue weighted by Crippen LogP contribution is -2.47. The zero-order chi connectivity index (χ0) is 16.9. The molecule has 0 saturated heterocycles. The van der Waals surface area contributed by atoms with Gasteiger partial charge in [0.1, 0.15) is 11.7 Å². The molecule has 0 aliphatic carbocycles. The van der Waals surface area contributed by atoms with Crippen molar-refractivity contribution in [3.63, 3.8) is 0 Å². The number of aliphatic hydroxyl groups excluding tert-OH is 1. The highest BCUT2D eigenvalue weighted by atomic mass is 16.6. The zero-order valence-electron chi connectivity index (χ0n) is 12.9. The monoisotopic (exact) mass is 312 g/mol. The Bertz CT molecular complexity index is 540. The summed E-state index contributed by atoms with van der Waals surface area (Å²) < 4.78 is 9.89. The van der Waals surface area contributed by atoms with Crippen LogP contribution in [0.4, 0.5) is 4.79 Å². The van der Waals surface area contributed by atoms with E-state index in [4.69, 9.17) is 9.47 Å². The van der Waals surface area contributed by atoms with E-state index >= 15 is 0 Å². The number of aliphatic hydroxyl groups is 1. The fourth-order valence-corrected chi connectivity index (χ4v) is 1.59. The first-order valence-corrected chi connectivity index (χ1v) is 6.55. The Balaban J connectivity index is 2.90. The number of nitrogens with one attached hydrogen (secondary N) is 1. The Kier molecular flexibility index (Phi) is 5.69. The Morgan fingerprint density at radius 2 is 1.95 bits per heavy atom. The molecular weight excluding hydrogens is 292 g/mol. The largest absolute Gasteiger partial charge is 0.481 e.